The van der Waals surface area contributed by atoms with Gasteiger partial charge in [0.15, 0.2) is 5.78 Å². The van der Waals surface area contributed by atoms with Crippen LogP contribution < -0.4 is 21.3 Å². The zero-order valence-corrected chi connectivity index (χ0v) is 23.8. The van der Waals surface area contributed by atoms with Crippen molar-refractivity contribution in [3.63, 3.8) is 0 Å². The van der Waals surface area contributed by atoms with Gasteiger partial charge in [-0.3, -0.25) is 33.6 Å². The van der Waals surface area contributed by atoms with Gasteiger partial charge in [-0.1, -0.05) is 44.2 Å². The number of Topliss-reactive ketones (excluding diaryl/α,β-unsaturated/α-hetero) is 1. The molecule has 0 aliphatic rings. The minimum absolute atomic E-state index is 0.187. The van der Waals surface area contributed by atoms with Crippen molar-refractivity contribution in [2.24, 2.45) is 5.92 Å². The smallest absolute Gasteiger partial charge is 0.408 e. The molecule has 16 nitrogen and oxygen atoms in total. The van der Waals surface area contributed by atoms with Crippen molar-refractivity contribution in [1.82, 2.24) is 21.3 Å². The highest BCUT2D eigenvalue weighted by atomic mass is 16.5. The van der Waals surface area contributed by atoms with Crippen molar-refractivity contribution < 1.29 is 58.4 Å². The summed E-state index contributed by atoms with van der Waals surface area (Å²) in [7, 11) is 0. The van der Waals surface area contributed by atoms with Crippen LogP contribution in [0.1, 0.15) is 52.0 Å². The van der Waals surface area contributed by atoms with Crippen molar-refractivity contribution in [1.29, 1.82) is 0 Å². The second-order valence-corrected chi connectivity index (χ2v) is 9.85. The highest BCUT2D eigenvalue weighted by Gasteiger charge is 2.33. The van der Waals surface area contributed by atoms with Gasteiger partial charge >= 0.3 is 24.0 Å². The number of rotatable bonds is 18. The van der Waals surface area contributed by atoms with Gasteiger partial charge in [0.1, 0.15) is 24.7 Å². The molecule has 0 radical (unpaired) electrons. The van der Waals surface area contributed by atoms with Gasteiger partial charge in [-0.25, -0.2) is 4.79 Å². The van der Waals surface area contributed by atoms with Crippen LogP contribution in [0.2, 0.25) is 0 Å². The van der Waals surface area contributed by atoms with Crippen molar-refractivity contribution in [2.45, 2.75) is 77.2 Å². The molecule has 7 N–H and O–H groups in total. The number of amides is 4. The summed E-state index contributed by atoms with van der Waals surface area (Å²) in [6.45, 7) is 3.95. The Labute approximate surface area is 246 Å². The van der Waals surface area contributed by atoms with E-state index in [4.69, 9.17) is 14.9 Å². The van der Waals surface area contributed by atoms with E-state index in [0.29, 0.717) is 5.56 Å². The van der Waals surface area contributed by atoms with E-state index in [0.717, 1.165) is 6.92 Å². The van der Waals surface area contributed by atoms with Crippen LogP contribution in [-0.2, 0) is 44.9 Å². The number of nitrogens with one attached hydrogen (secondary N) is 4. The van der Waals surface area contributed by atoms with Crippen molar-refractivity contribution in [2.75, 3.05) is 0 Å². The largest absolute Gasteiger partial charge is 0.481 e. The Morgan fingerprint density at radius 3 is 1.74 bits per heavy atom. The molecule has 236 valence electrons. The minimum Gasteiger partial charge on any atom is -0.481 e. The fourth-order valence-electron chi connectivity index (χ4n) is 3.62. The molecule has 0 spiro atoms. The second kappa shape index (κ2) is 17.7. The maximum Gasteiger partial charge on any atom is 0.408 e. The van der Waals surface area contributed by atoms with Gasteiger partial charge in [0.2, 0.25) is 17.7 Å². The molecule has 4 atom stereocenters. The normalized spacial score (nSPS) is 13.4. The Bertz CT molecular complexity index is 1190. The number of carbonyl (C=O) groups is 8. The SMILES string of the molecule is CC(=O)[C@H](CC(=O)O)NC(=O)[C@@H](NC(=O)[C@H](CCC(=O)O)NC(=O)[C@H](CC(=O)O)NC(=O)OCc1ccccc1)C(C)C. The number of hydrogen-bond acceptors (Lipinski definition) is 9. The molecule has 0 heterocycles. The van der Waals surface area contributed by atoms with Gasteiger partial charge in [-0.05, 0) is 24.8 Å². The van der Waals surface area contributed by atoms with E-state index < -0.39 is 103 Å². The molecular weight excluding hydrogens is 572 g/mol. The summed E-state index contributed by atoms with van der Waals surface area (Å²) in [6.07, 6.45) is -3.84. The van der Waals surface area contributed by atoms with Crippen LogP contribution in [0.25, 0.3) is 0 Å². The molecule has 1 rings (SSSR count). The third kappa shape index (κ3) is 13.9. The summed E-state index contributed by atoms with van der Waals surface area (Å²) in [5.41, 5.74) is 0.614. The highest BCUT2D eigenvalue weighted by Crippen LogP contribution is 2.08. The first-order valence-corrected chi connectivity index (χ1v) is 13.1. The first kappa shape index (κ1) is 36.0. The van der Waals surface area contributed by atoms with Crippen LogP contribution in [0, 0.1) is 5.92 Å². The maximum atomic E-state index is 13.1. The monoisotopic (exact) mass is 608 g/mol. The Kier molecular flexibility index (Phi) is 14.8. The number of carbonyl (C=O) groups excluding carboxylic acids is 5. The van der Waals surface area contributed by atoms with Crippen LogP contribution in [0.3, 0.4) is 0 Å². The highest BCUT2D eigenvalue weighted by molar-refractivity contribution is 5.96. The molecular formula is C27H36N4O12. The lowest BCUT2D eigenvalue weighted by atomic mass is 10.0. The Morgan fingerprint density at radius 1 is 0.698 bits per heavy atom. The van der Waals surface area contributed by atoms with Gasteiger partial charge < -0.3 is 41.3 Å². The molecule has 0 saturated heterocycles. The first-order chi connectivity index (χ1) is 20.1. The van der Waals surface area contributed by atoms with E-state index in [1.54, 1.807) is 30.3 Å². The average Bonchev–Trinajstić information content (AvgIpc) is 2.91. The third-order valence-electron chi connectivity index (χ3n) is 5.91. The quantitative estimate of drug-likeness (QED) is 0.114. The molecule has 0 saturated carbocycles. The van der Waals surface area contributed by atoms with E-state index in [1.807, 2.05) is 0 Å². The summed E-state index contributed by atoms with van der Waals surface area (Å²) in [5, 5.41) is 36.3. The number of ketones is 1. The Hall–Kier alpha value is -5.02. The summed E-state index contributed by atoms with van der Waals surface area (Å²) in [4.78, 5) is 96.7. The molecule has 0 fully saturated rings. The van der Waals surface area contributed by atoms with Gasteiger partial charge in [-0.15, -0.1) is 0 Å². The molecule has 1 aromatic rings. The van der Waals surface area contributed by atoms with E-state index in [1.165, 1.54) is 13.8 Å². The van der Waals surface area contributed by atoms with Crippen molar-refractivity contribution in [3.05, 3.63) is 35.9 Å². The molecule has 0 unspecified atom stereocenters. The minimum atomic E-state index is -1.72. The van der Waals surface area contributed by atoms with Crippen molar-refractivity contribution in [3.8, 4) is 0 Å². The lowest BCUT2D eigenvalue weighted by Crippen LogP contribution is -2.59. The third-order valence-corrected chi connectivity index (χ3v) is 5.91. The lowest BCUT2D eigenvalue weighted by molar-refractivity contribution is -0.141. The van der Waals surface area contributed by atoms with Gasteiger partial charge in [-0.2, -0.15) is 0 Å². The summed E-state index contributed by atoms with van der Waals surface area (Å²) in [5.74, 6) is -8.49. The van der Waals surface area contributed by atoms with E-state index in [9.17, 15) is 43.5 Å². The maximum absolute atomic E-state index is 13.1. The number of carboxylic acid groups (broad SMARTS) is 3. The van der Waals surface area contributed by atoms with Crippen LogP contribution in [0.4, 0.5) is 4.79 Å². The number of alkyl carbamates (subject to hydrolysis) is 1. The van der Waals surface area contributed by atoms with Gasteiger partial charge in [0.05, 0.1) is 18.9 Å². The van der Waals surface area contributed by atoms with Gasteiger partial charge in [0.25, 0.3) is 0 Å². The summed E-state index contributed by atoms with van der Waals surface area (Å²) < 4.78 is 5.01. The molecule has 0 bridgehead atoms. The molecule has 1 aromatic carbocycles. The zero-order chi connectivity index (χ0) is 32.7. The van der Waals surface area contributed by atoms with E-state index in [2.05, 4.69) is 21.3 Å². The standard InChI is InChI=1S/C27H36N4O12/c1-14(2)23(26(41)29-18(15(3)32)11-21(35)36)31-24(39)17(9-10-20(33)34)28-25(40)19(12-22(37)38)30-27(42)43-13-16-7-5-4-6-8-16/h4-8,14,17-19,23H,9-13H2,1-3H3,(H,28,40)(H,29,41)(H,30,42)(H,31,39)(H,33,34)(H,35,36)(H,37,38)/t17-,18-,19-,23-/m0/s1. The zero-order valence-electron chi connectivity index (χ0n) is 23.8. The predicted molar refractivity (Wildman–Crippen MR) is 146 cm³/mol. The molecule has 0 aliphatic heterocycles. The molecule has 43 heavy (non-hydrogen) atoms. The molecule has 0 aromatic heterocycles. The number of hydrogen-bond donors (Lipinski definition) is 7. The molecule has 0 aliphatic carbocycles. The van der Waals surface area contributed by atoms with Gasteiger partial charge in [0, 0.05) is 6.42 Å². The number of aliphatic carboxylic acids is 3. The Balaban J connectivity index is 3.06. The molecule has 16 heteroatoms. The molecule has 4 amide bonds. The fourth-order valence-corrected chi connectivity index (χ4v) is 3.62. The van der Waals surface area contributed by atoms with E-state index in [-0.39, 0.29) is 6.61 Å². The average molecular weight is 609 g/mol. The first-order valence-electron chi connectivity index (χ1n) is 13.1. The van der Waals surface area contributed by atoms with Crippen LogP contribution in [-0.4, -0.2) is 87.0 Å². The second-order valence-electron chi connectivity index (χ2n) is 9.85. The van der Waals surface area contributed by atoms with Crippen molar-refractivity contribution >= 4 is 47.5 Å². The topological polar surface area (TPSA) is 255 Å². The predicted octanol–water partition coefficient (Wildman–Crippen LogP) is -0.205. The summed E-state index contributed by atoms with van der Waals surface area (Å²) in [6, 6.07) is 2.43. The van der Waals surface area contributed by atoms with Crippen LogP contribution in [0.5, 0.6) is 0 Å². The number of carboxylic acids is 3. The van der Waals surface area contributed by atoms with E-state index >= 15 is 0 Å². The number of ether oxygens (including phenoxy) is 1. The van der Waals surface area contributed by atoms with Crippen LogP contribution >= 0.6 is 0 Å². The number of benzene rings is 1. The lowest BCUT2D eigenvalue weighted by Gasteiger charge is -2.27. The fraction of sp³-hybridized carbons (Fsp3) is 0.481. The Morgan fingerprint density at radius 2 is 1.23 bits per heavy atom. The summed E-state index contributed by atoms with van der Waals surface area (Å²) >= 11 is 0. The van der Waals surface area contributed by atoms with Crippen LogP contribution in [0.15, 0.2) is 30.3 Å².